The maximum absolute atomic E-state index is 11.1. The van der Waals surface area contributed by atoms with Gasteiger partial charge in [-0.2, -0.15) is 0 Å². The van der Waals surface area contributed by atoms with E-state index in [1.807, 2.05) is 6.92 Å². The Morgan fingerprint density at radius 3 is 2.55 bits per heavy atom. The molecule has 0 bridgehead atoms. The summed E-state index contributed by atoms with van der Waals surface area (Å²) in [5.74, 6) is 0.346. The fraction of sp³-hybridized carbons (Fsp3) is 0.889. The number of primary amides is 1. The van der Waals surface area contributed by atoms with E-state index in [1.165, 1.54) is 6.42 Å². The summed E-state index contributed by atoms with van der Waals surface area (Å²) < 4.78 is 0. The van der Waals surface area contributed by atoms with Gasteiger partial charge in [-0.3, -0.25) is 4.79 Å². The van der Waals surface area contributed by atoms with Crippen LogP contribution in [-0.2, 0) is 4.79 Å². The van der Waals surface area contributed by atoms with Crippen LogP contribution in [0.15, 0.2) is 0 Å². The van der Waals surface area contributed by atoms with E-state index < -0.39 is 0 Å². The van der Waals surface area contributed by atoms with Crippen molar-refractivity contribution in [3.63, 3.8) is 0 Å². The Hall–Kier alpha value is -0.530. The number of nitrogens with two attached hydrogens (primary N) is 1. The first-order valence-corrected chi connectivity index (χ1v) is 4.37. The highest BCUT2D eigenvalue weighted by Crippen LogP contribution is 2.40. The van der Waals surface area contributed by atoms with E-state index in [4.69, 9.17) is 5.73 Å². The summed E-state index contributed by atoms with van der Waals surface area (Å²) in [5.41, 5.74) is 5.13. The first kappa shape index (κ1) is 8.57. The van der Waals surface area contributed by atoms with Crippen LogP contribution >= 0.6 is 0 Å². The molecular weight excluding hydrogens is 138 g/mol. The van der Waals surface area contributed by atoms with Crippen LogP contribution in [0.5, 0.6) is 0 Å². The van der Waals surface area contributed by atoms with E-state index in [2.05, 4.69) is 6.92 Å². The van der Waals surface area contributed by atoms with Gasteiger partial charge in [0.1, 0.15) is 0 Å². The van der Waals surface area contributed by atoms with Crippen molar-refractivity contribution in [2.75, 3.05) is 0 Å². The highest BCUT2D eigenvalue weighted by atomic mass is 16.1. The third-order valence-electron chi connectivity index (χ3n) is 3.23. The van der Waals surface area contributed by atoms with Gasteiger partial charge in [-0.05, 0) is 18.8 Å². The van der Waals surface area contributed by atoms with Crippen LogP contribution in [0, 0.1) is 11.3 Å². The van der Waals surface area contributed by atoms with Crippen molar-refractivity contribution >= 4 is 5.91 Å². The molecular formula is C9H17NO. The van der Waals surface area contributed by atoms with Crippen LogP contribution in [0.4, 0.5) is 0 Å². The van der Waals surface area contributed by atoms with Crippen molar-refractivity contribution in [1.82, 2.24) is 0 Å². The van der Waals surface area contributed by atoms with Crippen LogP contribution < -0.4 is 5.73 Å². The second-order valence-corrected chi connectivity index (χ2v) is 3.93. The van der Waals surface area contributed by atoms with E-state index in [-0.39, 0.29) is 11.3 Å². The smallest absolute Gasteiger partial charge is 0.223 e. The van der Waals surface area contributed by atoms with Crippen LogP contribution in [0.2, 0.25) is 0 Å². The van der Waals surface area contributed by atoms with E-state index in [1.54, 1.807) is 0 Å². The molecule has 64 valence electrons. The molecule has 0 spiro atoms. The minimum Gasteiger partial charge on any atom is -0.369 e. The summed E-state index contributed by atoms with van der Waals surface area (Å²) in [4.78, 5) is 11.1. The van der Waals surface area contributed by atoms with Crippen molar-refractivity contribution in [3.8, 4) is 0 Å². The van der Waals surface area contributed by atoms with Gasteiger partial charge in [-0.15, -0.1) is 0 Å². The summed E-state index contributed by atoms with van der Waals surface area (Å²) in [5, 5.41) is 0. The van der Waals surface area contributed by atoms with Crippen LogP contribution in [0.25, 0.3) is 0 Å². The Kier molecular flexibility index (Phi) is 2.21. The monoisotopic (exact) mass is 155 g/mol. The van der Waals surface area contributed by atoms with Crippen molar-refractivity contribution in [1.29, 1.82) is 0 Å². The zero-order chi connectivity index (χ0) is 8.48. The van der Waals surface area contributed by atoms with E-state index in [9.17, 15) is 4.79 Å². The second-order valence-electron chi connectivity index (χ2n) is 3.93. The Labute approximate surface area is 68.2 Å². The lowest BCUT2D eigenvalue weighted by molar-refractivity contribution is -0.131. The van der Waals surface area contributed by atoms with Crippen LogP contribution in [0.1, 0.15) is 39.5 Å². The van der Waals surface area contributed by atoms with Crippen molar-refractivity contribution in [2.24, 2.45) is 17.1 Å². The molecule has 2 heteroatoms. The number of hydrogen-bond acceptors (Lipinski definition) is 1. The lowest BCUT2D eigenvalue weighted by atomic mass is 9.68. The van der Waals surface area contributed by atoms with Gasteiger partial charge in [0.15, 0.2) is 0 Å². The molecule has 1 rings (SSSR count). The summed E-state index contributed by atoms with van der Waals surface area (Å²) in [6.45, 7) is 4.13. The maximum atomic E-state index is 11.1. The minimum absolute atomic E-state index is 0.121. The minimum atomic E-state index is -0.224. The molecule has 1 amide bonds. The topological polar surface area (TPSA) is 43.1 Å². The number of amides is 1. The Morgan fingerprint density at radius 2 is 2.18 bits per heavy atom. The van der Waals surface area contributed by atoms with E-state index >= 15 is 0 Å². The standard InChI is InChI=1S/C9H17NO/c1-7-5-3-4-6-9(7,2)8(10)11/h7H,3-6H2,1-2H3,(H2,10,11)/t7-,9+/m1/s1. The third kappa shape index (κ3) is 1.39. The van der Waals surface area contributed by atoms with Gasteiger partial charge in [0.05, 0.1) is 0 Å². The third-order valence-corrected chi connectivity index (χ3v) is 3.23. The lowest BCUT2D eigenvalue weighted by Gasteiger charge is -2.36. The largest absolute Gasteiger partial charge is 0.369 e. The second kappa shape index (κ2) is 2.84. The average Bonchev–Trinajstić information content (AvgIpc) is 1.95. The molecule has 1 saturated carbocycles. The molecule has 0 saturated heterocycles. The Morgan fingerprint density at radius 1 is 1.55 bits per heavy atom. The Balaban J connectivity index is 2.72. The Bertz CT molecular complexity index is 167. The van der Waals surface area contributed by atoms with E-state index in [0.29, 0.717) is 5.92 Å². The average molecular weight is 155 g/mol. The first-order chi connectivity index (χ1) is 5.07. The number of carbonyl (C=O) groups is 1. The molecule has 11 heavy (non-hydrogen) atoms. The molecule has 1 fully saturated rings. The molecule has 1 aliphatic carbocycles. The normalized spacial score (nSPS) is 38.5. The lowest BCUT2D eigenvalue weighted by Crippen LogP contribution is -2.41. The van der Waals surface area contributed by atoms with Gasteiger partial charge in [0.25, 0.3) is 0 Å². The fourth-order valence-electron chi connectivity index (χ4n) is 1.87. The molecule has 0 aliphatic heterocycles. The first-order valence-electron chi connectivity index (χ1n) is 4.37. The summed E-state index contributed by atoms with van der Waals surface area (Å²) in [7, 11) is 0. The molecule has 0 radical (unpaired) electrons. The molecule has 0 aromatic carbocycles. The van der Waals surface area contributed by atoms with Crippen LogP contribution in [0.3, 0.4) is 0 Å². The number of hydrogen-bond donors (Lipinski definition) is 1. The van der Waals surface area contributed by atoms with Crippen molar-refractivity contribution in [2.45, 2.75) is 39.5 Å². The predicted octanol–water partition coefficient (Wildman–Crippen LogP) is 1.69. The van der Waals surface area contributed by atoms with Gasteiger partial charge in [0.2, 0.25) is 5.91 Å². The molecule has 0 aromatic rings. The summed E-state index contributed by atoms with van der Waals surface area (Å²) >= 11 is 0. The van der Waals surface area contributed by atoms with Gasteiger partial charge >= 0.3 is 0 Å². The molecule has 2 nitrogen and oxygen atoms in total. The van der Waals surface area contributed by atoms with Gasteiger partial charge in [0, 0.05) is 5.41 Å². The van der Waals surface area contributed by atoms with Gasteiger partial charge < -0.3 is 5.73 Å². The fourth-order valence-corrected chi connectivity index (χ4v) is 1.87. The zero-order valence-electron chi connectivity index (χ0n) is 7.39. The summed E-state index contributed by atoms with van der Waals surface area (Å²) in [6.07, 6.45) is 4.54. The maximum Gasteiger partial charge on any atom is 0.223 e. The summed E-state index contributed by atoms with van der Waals surface area (Å²) in [6, 6.07) is 0. The highest BCUT2D eigenvalue weighted by molar-refractivity contribution is 5.80. The quantitative estimate of drug-likeness (QED) is 0.615. The molecule has 1 aliphatic rings. The molecule has 0 unspecified atom stereocenters. The predicted molar refractivity (Wildman–Crippen MR) is 44.9 cm³/mol. The molecule has 2 atom stereocenters. The highest BCUT2D eigenvalue weighted by Gasteiger charge is 2.38. The van der Waals surface area contributed by atoms with Crippen LogP contribution in [-0.4, -0.2) is 5.91 Å². The number of rotatable bonds is 1. The van der Waals surface area contributed by atoms with Crippen molar-refractivity contribution in [3.05, 3.63) is 0 Å². The van der Waals surface area contributed by atoms with E-state index in [0.717, 1.165) is 19.3 Å². The SMILES string of the molecule is C[C@@H]1CCCC[C@]1(C)C(N)=O. The molecule has 0 heterocycles. The van der Waals surface area contributed by atoms with Gasteiger partial charge in [-0.1, -0.05) is 26.7 Å². The van der Waals surface area contributed by atoms with Gasteiger partial charge in [-0.25, -0.2) is 0 Å². The molecule has 2 N–H and O–H groups in total. The van der Waals surface area contributed by atoms with Crippen molar-refractivity contribution < 1.29 is 4.79 Å². The molecule has 0 aromatic heterocycles. The number of carbonyl (C=O) groups excluding carboxylic acids is 1. The zero-order valence-corrected chi connectivity index (χ0v) is 7.39.